The van der Waals surface area contributed by atoms with Gasteiger partial charge in [-0.3, -0.25) is 4.79 Å². The van der Waals surface area contributed by atoms with Gasteiger partial charge in [0.25, 0.3) is 0 Å². The summed E-state index contributed by atoms with van der Waals surface area (Å²) in [6.45, 7) is 0.737. The first kappa shape index (κ1) is 33.2. The molecule has 2 aliphatic heterocycles. The SMILES string of the molecule is C/C(=C\C=C\CC(C)[C@H](O)CC(=O)O)C(=O)OC[C@H]1O[C@H](O[C@]2(CO)O[C@H](CO)[C@@H](O)[C@@H]2O)[C@H](O)[C@@H](O)[C@@H]1O. The van der Waals surface area contributed by atoms with E-state index in [2.05, 4.69) is 0 Å². The van der Waals surface area contributed by atoms with Crippen molar-refractivity contribution in [1.29, 1.82) is 0 Å². The lowest BCUT2D eigenvalue weighted by Crippen LogP contribution is -2.62. The van der Waals surface area contributed by atoms with Crippen molar-refractivity contribution in [2.45, 2.75) is 87.6 Å². The number of carboxylic acids is 1. The fourth-order valence-corrected chi connectivity index (χ4v) is 4.00. The molecule has 11 atom stereocenters. The summed E-state index contributed by atoms with van der Waals surface area (Å²) in [4.78, 5) is 23.0. The standard InChI is InChI=1S/C24H38O15/c1-11(13(27)7-16(28)29)5-3-4-6-12(2)22(35)36-9-15-17(30)19(32)20(33)23(37-15)39-24(10-26)21(34)18(31)14(8-25)38-24/h3-4,6,11,13-15,17-21,23,25-27,30-34H,5,7-10H2,1-2H3,(H,28,29)/b4-3+,12-6+/t11?,13-,14-,15-,17-,18-,19+,20-,21+,23-,24+/m1/s1. The van der Waals surface area contributed by atoms with Gasteiger partial charge in [0.1, 0.15) is 55.9 Å². The first-order valence-corrected chi connectivity index (χ1v) is 12.3. The van der Waals surface area contributed by atoms with Crippen molar-refractivity contribution in [3.8, 4) is 0 Å². The second-order valence-electron chi connectivity index (χ2n) is 9.63. The van der Waals surface area contributed by atoms with E-state index in [0.717, 1.165) is 0 Å². The molecule has 0 aromatic rings. The summed E-state index contributed by atoms with van der Waals surface area (Å²) >= 11 is 0. The Balaban J connectivity index is 1.98. The minimum atomic E-state index is -2.34. The van der Waals surface area contributed by atoms with Crippen LogP contribution < -0.4 is 0 Å². The highest BCUT2D eigenvalue weighted by atomic mass is 16.8. The molecule has 0 saturated carbocycles. The van der Waals surface area contributed by atoms with Gasteiger partial charge in [-0.05, 0) is 19.3 Å². The minimum absolute atomic E-state index is 0.134. The quantitative estimate of drug-likeness (QED) is 0.0596. The number of esters is 1. The van der Waals surface area contributed by atoms with Gasteiger partial charge >= 0.3 is 11.9 Å². The van der Waals surface area contributed by atoms with Crippen LogP contribution in [0.4, 0.5) is 0 Å². The third-order valence-corrected chi connectivity index (χ3v) is 6.62. The Hall–Kier alpha value is -2.02. The molecule has 0 amide bonds. The van der Waals surface area contributed by atoms with E-state index in [0.29, 0.717) is 6.42 Å². The van der Waals surface area contributed by atoms with Crippen molar-refractivity contribution in [2.24, 2.45) is 5.92 Å². The lowest BCUT2D eigenvalue weighted by atomic mass is 9.98. The Morgan fingerprint density at radius 3 is 2.26 bits per heavy atom. The number of aliphatic hydroxyl groups excluding tert-OH is 8. The number of rotatable bonds is 13. The average Bonchev–Trinajstić information content (AvgIpc) is 3.14. The molecule has 15 nitrogen and oxygen atoms in total. The van der Waals surface area contributed by atoms with E-state index in [1.807, 2.05) is 0 Å². The van der Waals surface area contributed by atoms with Crippen LogP contribution in [0.15, 0.2) is 23.8 Å². The highest BCUT2D eigenvalue weighted by Gasteiger charge is 2.58. The molecule has 2 aliphatic rings. The smallest absolute Gasteiger partial charge is 0.333 e. The number of aliphatic carboxylic acids is 1. The predicted octanol–water partition coefficient (Wildman–Crippen LogP) is -3.48. The topological polar surface area (TPSA) is 253 Å². The number of carbonyl (C=O) groups is 2. The summed E-state index contributed by atoms with van der Waals surface area (Å²) in [5.41, 5.74) is 0.134. The molecule has 0 radical (unpaired) electrons. The Kier molecular flexibility index (Phi) is 12.4. The number of allylic oxidation sites excluding steroid dienone is 3. The van der Waals surface area contributed by atoms with E-state index in [1.54, 1.807) is 13.0 Å². The zero-order valence-corrected chi connectivity index (χ0v) is 21.5. The van der Waals surface area contributed by atoms with E-state index < -0.39 is 92.7 Å². The Labute approximate surface area is 224 Å². The number of hydrogen-bond acceptors (Lipinski definition) is 14. The average molecular weight is 567 g/mol. The number of carbonyl (C=O) groups excluding carboxylic acids is 1. The van der Waals surface area contributed by atoms with Gasteiger partial charge < -0.3 is 64.9 Å². The molecule has 0 aliphatic carbocycles. The third kappa shape index (κ3) is 8.25. The van der Waals surface area contributed by atoms with Crippen LogP contribution in [0.5, 0.6) is 0 Å². The van der Waals surface area contributed by atoms with Gasteiger partial charge in [0.05, 0.1) is 19.1 Å². The molecule has 2 fully saturated rings. The molecular weight excluding hydrogens is 528 g/mol. The summed E-state index contributed by atoms with van der Waals surface area (Å²) in [6.07, 6.45) is -10.1. The van der Waals surface area contributed by atoms with E-state index in [-0.39, 0.29) is 17.9 Å². The predicted molar refractivity (Wildman–Crippen MR) is 127 cm³/mol. The minimum Gasteiger partial charge on any atom is -0.481 e. The van der Waals surface area contributed by atoms with Crippen molar-refractivity contribution in [3.05, 3.63) is 23.8 Å². The maximum Gasteiger partial charge on any atom is 0.333 e. The highest BCUT2D eigenvalue weighted by Crippen LogP contribution is 2.36. The van der Waals surface area contributed by atoms with Gasteiger partial charge in [0, 0.05) is 5.57 Å². The van der Waals surface area contributed by atoms with Crippen LogP contribution in [-0.2, 0) is 28.5 Å². The summed E-state index contributed by atoms with van der Waals surface area (Å²) in [5.74, 6) is -4.61. The summed E-state index contributed by atoms with van der Waals surface area (Å²) in [6, 6.07) is 0. The molecule has 0 aromatic heterocycles. The van der Waals surface area contributed by atoms with Gasteiger partial charge in [0.15, 0.2) is 6.29 Å². The molecular formula is C24H38O15. The first-order valence-electron chi connectivity index (χ1n) is 12.3. The van der Waals surface area contributed by atoms with Crippen LogP contribution in [-0.4, -0.2) is 139 Å². The Morgan fingerprint density at radius 2 is 1.69 bits per heavy atom. The number of ether oxygens (including phenoxy) is 4. The number of aliphatic hydroxyl groups is 8. The lowest BCUT2D eigenvalue weighted by molar-refractivity contribution is -0.383. The molecule has 2 rings (SSSR count). The van der Waals surface area contributed by atoms with Crippen molar-refractivity contribution in [1.82, 2.24) is 0 Å². The fourth-order valence-electron chi connectivity index (χ4n) is 4.00. The van der Waals surface area contributed by atoms with Crippen LogP contribution in [0, 0.1) is 5.92 Å². The zero-order valence-electron chi connectivity index (χ0n) is 21.5. The normalized spacial score (nSPS) is 37.1. The Morgan fingerprint density at radius 1 is 1.03 bits per heavy atom. The van der Waals surface area contributed by atoms with Gasteiger partial charge in [-0.2, -0.15) is 0 Å². The molecule has 1 unspecified atom stereocenters. The van der Waals surface area contributed by atoms with Crippen LogP contribution in [0.25, 0.3) is 0 Å². The van der Waals surface area contributed by atoms with Crippen LogP contribution in [0.2, 0.25) is 0 Å². The van der Waals surface area contributed by atoms with E-state index in [9.17, 15) is 50.4 Å². The molecule has 39 heavy (non-hydrogen) atoms. The zero-order chi connectivity index (χ0) is 29.5. The van der Waals surface area contributed by atoms with Crippen molar-refractivity contribution in [2.75, 3.05) is 19.8 Å². The van der Waals surface area contributed by atoms with Crippen LogP contribution in [0.1, 0.15) is 26.7 Å². The van der Waals surface area contributed by atoms with Gasteiger partial charge in [-0.25, -0.2) is 4.79 Å². The summed E-state index contributed by atoms with van der Waals surface area (Å²) in [7, 11) is 0. The number of carboxylic acid groups (broad SMARTS) is 1. The Bertz CT molecular complexity index is 878. The van der Waals surface area contributed by atoms with Crippen molar-refractivity contribution < 1.29 is 74.5 Å². The largest absolute Gasteiger partial charge is 0.481 e. The van der Waals surface area contributed by atoms with Gasteiger partial charge in [-0.1, -0.05) is 25.2 Å². The van der Waals surface area contributed by atoms with E-state index in [4.69, 9.17) is 24.1 Å². The maximum atomic E-state index is 12.4. The number of hydrogen-bond donors (Lipinski definition) is 9. The molecule has 0 bridgehead atoms. The second kappa shape index (κ2) is 14.6. The van der Waals surface area contributed by atoms with E-state index >= 15 is 0 Å². The van der Waals surface area contributed by atoms with Gasteiger partial charge in [-0.15, -0.1) is 0 Å². The molecule has 9 N–H and O–H groups in total. The lowest BCUT2D eigenvalue weighted by Gasteiger charge is -2.43. The molecule has 0 aromatic carbocycles. The third-order valence-electron chi connectivity index (χ3n) is 6.62. The van der Waals surface area contributed by atoms with Crippen molar-refractivity contribution >= 4 is 11.9 Å². The molecule has 2 heterocycles. The summed E-state index contributed by atoms with van der Waals surface area (Å²) < 4.78 is 21.2. The monoisotopic (exact) mass is 566 g/mol. The summed E-state index contributed by atoms with van der Waals surface area (Å²) in [5, 5.41) is 88.7. The fraction of sp³-hybridized carbons (Fsp3) is 0.750. The van der Waals surface area contributed by atoms with E-state index in [1.165, 1.54) is 19.1 Å². The highest BCUT2D eigenvalue weighted by molar-refractivity contribution is 5.88. The molecule has 0 spiro atoms. The van der Waals surface area contributed by atoms with Crippen LogP contribution in [0.3, 0.4) is 0 Å². The van der Waals surface area contributed by atoms with Crippen LogP contribution >= 0.6 is 0 Å². The first-order chi connectivity index (χ1) is 18.3. The molecule has 15 heteroatoms. The van der Waals surface area contributed by atoms with Crippen molar-refractivity contribution in [3.63, 3.8) is 0 Å². The second-order valence-corrected chi connectivity index (χ2v) is 9.63. The van der Waals surface area contributed by atoms with Gasteiger partial charge in [0.2, 0.25) is 5.79 Å². The maximum absolute atomic E-state index is 12.4. The molecule has 224 valence electrons. The molecule has 2 saturated heterocycles.